The SMILES string of the molecule is CC(Nc1c(C(=O)O)cnc2ccccc12)c1cccs1. The molecule has 1 atom stereocenters. The van der Waals surface area contributed by atoms with E-state index in [2.05, 4.69) is 10.3 Å². The van der Waals surface area contributed by atoms with Crippen LogP contribution in [0.2, 0.25) is 0 Å². The third-order valence-corrected chi connectivity index (χ3v) is 4.39. The highest BCUT2D eigenvalue weighted by molar-refractivity contribution is 7.10. The molecular weight excluding hydrogens is 284 g/mol. The van der Waals surface area contributed by atoms with Crippen molar-refractivity contribution in [1.82, 2.24) is 4.98 Å². The summed E-state index contributed by atoms with van der Waals surface area (Å²) in [5.74, 6) is -0.978. The quantitative estimate of drug-likeness (QED) is 0.759. The molecule has 0 radical (unpaired) electrons. The van der Waals surface area contributed by atoms with Crippen LogP contribution in [0.25, 0.3) is 10.9 Å². The summed E-state index contributed by atoms with van der Waals surface area (Å²) in [5.41, 5.74) is 1.59. The van der Waals surface area contributed by atoms with E-state index >= 15 is 0 Å². The zero-order valence-corrected chi connectivity index (χ0v) is 12.2. The van der Waals surface area contributed by atoms with E-state index in [0.717, 1.165) is 15.8 Å². The van der Waals surface area contributed by atoms with Crippen molar-refractivity contribution in [3.63, 3.8) is 0 Å². The Morgan fingerprint density at radius 2 is 2.10 bits per heavy atom. The minimum absolute atomic E-state index is 0.0360. The second kappa shape index (κ2) is 5.54. The fourth-order valence-electron chi connectivity index (χ4n) is 2.28. The van der Waals surface area contributed by atoms with Gasteiger partial charge in [-0.25, -0.2) is 4.79 Å². The van der Waals surface area contributed by atoms with Gasteiger partial charge in [-0.05, 0) is 24.4 Å². The fraction of sp³-hybridized carbons (Fsp3) is 0.125. The van der Waals surface area contributed by atoms with Gasteiger partial charge in [0.1, 0.15) is 5.56 Å². The summed E-state index contributed by atoms with van der Waals surface area (Å²) in [7, 11) is 0. The van der Waals surface area contributed by atoms with E-state index in [1.165, 1.54) is 6.20 Å². The summed E-state index contributed by atoms with van der Waals surface area (Å²) < 4.78 is 0. The van der Waals surface area contributed by atoms with Gasteiger partial charge in [0.25, 0.3) is 0 Å². The van der Waals surface area contributed by atoms with Gasteiger partial charge >= 0.3 is 5.97 Å². The fourth-order valence-corrected chi connectivity index (χ4v) is 3.02. The van der Waals surface area contributed by atoms with Crippen LogP contribution in [0.5, 0.6) is 0 Å². The number of thiophene rings is 1. The van der Waals surface area contributed by atoms with Gasteiger partial charge in [0.15, 0.2) is 0 Å². The first kappa shape index (κ1) is 13.6. The number of pyridine rings is 1. The van der Waals surface area contributed by atoms with Crippen LogP contribution < -0.4 is 5.32 Å². The number of nitrogens with zero attached hydrogens (tertiary/aromatic N) is 1. The Labute approximate surface area is 126 Å². The van der Waals surface area contributed by atoms with Crippen LogP contribution in [0.1, 0.15) is 28.2 Å². The van der Waals surface area contributed by atoms with Gasteiger partial charge in [-0.15, -0.1) is 11.3 Å². The van der Waals surface area contributed by atoms with E-state index in [9.17, 15) is 9.90 Å². The first-order chi connectivity index (χ1) is 10.2. The number of hydrogen-bond acceptors (Lipinski definition) is 4. The van der Waals surface area contributed by atoms with Crippen LogP contribution in [0.15, 0.2) is 48.0 Å². The smallest absolute Gasteiger partial charge is 0.339 e. The second-order valence-corrected chi connectivity index (χ2v) is 5.73. The molecule has 2 heterocycles. The van der Waals surface area contributed by atoms with Crippen molar-refractivity contribution in [3.8, 4) is 0 Å². The van der Waals surface area contributed by atoms with Crippen molar-refractivity contribution in [3.05, 3.63) is 58.4 Å². The number of carboxylic acid groups (broad SMARTS) is 1. The molecule has 0 fully saturated rings. The number of carbonyl (C=O) groups is 1. The van der Waals surface area contributed by atoms with Crippen LogP contribution >= 0.6 is 11.3 Å². The average Bonchev–Trinajstić information content (AvgIpc) is 3.01. The molecule has 1 unspecified atom stereocenters. The molecule has 4 nitrogen and oxygen atoms in total. The lowest BCUT2D eigenvalue weighted by Gasteiger charge is -2.17. The molecule has 3 rings (SSSR count). The van der Waals surface area contributed by atoms with Gasteiger partial charge in [-0.3, -0.25) is 4.98 Å². The molecular formula is C16H14N2O2S. The molecule has 5 heteroatoms. The van der Waals surface area contributed by atoms with E-state index in [1.54, 1.807) is 11.3 Å². The number of carboxylic acids is 1. The summed E-state index contributed by atoms with van der Waals surface area (Å²) >= 11 is 1.64. The minimum atomic E-state index is -0.978. The molecule has 0 aliphatic heterocycles. The van der Waals surface area contributed by atoms with E-state index in [1.807, 2.05) is 48.7 Å². The Kier molecular flexibility index (Phi) is 3.58. The van der Waals surface area contributed by atoms with Crippen molar-refractivity contribution >= 4 is 33.9 Å². The third-order valence-electron chi connectivity index (χ3n) is 3.34. The first-order valence-electron chi connectivity index (χ1n) is 6.58. The maximum Gasteiger partial charge on any atom is 0.339 e. The highest BCUT2D eigenvalue weighted by atomic mass is 32.1. The minimum Gasteiger partial charge on any atom is -0.478 e. The van der Waals surface area contributed by atoms with E-state index in [-0.39, 0.29) is 11.6 Å². The molecule has 0 saturated carbocycles. The Balaban J connectivity index is 2.10. The number of nitrogens with one attached hydrogen (secondary N) is 1. The highest BCUT2D eigenvalue weighted by Crippen LogP contribution is 2.30. The maximum atomic E-state index is 11.5. The third kappa shape index (κ3) is 2.60. The van der Waals surface area contributed by atoms with E-state index < -0.39 is 5.97 Å². The molecule has 2 aromatic heterocycles. The molecule has 0 amide bonds. The number of anilines is 1. The predicted molar refractivity (Wildman–Crippen MR) is 85.1 cm³/mol. The zero-order chi connectivity index (χ0) is 14.8. The normalized spacial score (nSPS) is 12.2. The molecule has 106 valence electrons. The Morgan fingerprint density at radius 1 is 1.29 bits per heavy atom. The van der Waals surface area contributed by atoms with Gasteiger partial charge in [0.05, 0.1) is 17.2 Å². The van der Waals surface area contributed by atoms with Crippen LogP contribution in [0.3, 0.4) is 0 Å². The number of rotatable bonds is 4. The summed E-state index contributed by atoms with van der Waals surface area (Å²) in [6.07, 6.45) is 1.41. The number of benzene rings is 1. The van der Waals surface area contributed by atoms with E-state index in [0.29, 0.717) is 5.69 Å². The molecule has 21 heavy (non-hydrogen) atoms. The van der Waals surface area contributed by atoms with Crippen molar-refractivity contribution in [2.24, 2.45) is 0 Å². The Bertz CT molecular complexity index is 784. The second-order valence-electron chi connectivity index (χ2n) is 4.75. The predicted octanol–water partition coefficient (Wildman–Crippen LogP) is 4.17. The largest absolute Gasteiger partial charge is 0.478 e. The summed E-state index contributed by atoms with van der Waals surface area (Å²) in [6.45, 7) is 2.02. The Hall–Kier alpha value is -2.40. The summed E-state index contributed by atoms with van der Waals surface area (Å²) in [5, 5.41) is 15.5. The monoisotopic (exact) mass is 298 g/mol. The van der Waals surface area contributed by atoms with Gasteiger partial charge in [0.2, 0.25) is 0 Å². The molecule has 2 N–H and O–H groups in total. The molecule has 0 saturated heterocycles. The number of hydrogen-bond donors (Lipinski definition) is 2. The van der Waals surface area contributed by atoms with Gasteiger partial charge in [-0.1, -0.05) is 24.3 Å². The summed E-state index contributed by atoms with van der Waals surface area (Å²) in [4.78, 5) is 16.8. The zero-order valence-electron chi connectivity index (χ0n) is 11.4. The molecule has 1 aromatic carbocycles. The summed E-state index contributed by atoms with van der Waals surface area (Å²) in [6, 6.07) is 11.6. The van der Waals surface area contributed by atoms with Crippen molar-refractivity contribution < 1.29 is 9.90 Å². The lowest BCUT2D eigenvalue weighted by atomic mass is 10.1. The number of fused-ring (bicyclic) bond motifs is 1. The van der Waals surface area contributed by atoms with Crippen molar-refractivity contribution in [2.75, 3.05) is 5.32 Å². The molecule has 0 aliphatic rings. The van der Waals surface area contributed by atoms with Gasteiger partial charge < -0.3 is 10.4 Å². The lowest BCUT2D eigenvalue weighted by Crippen LogP contribution is -2.11. The van der Waals surface area contributed by atoms with Crippen molar-refractivity contribution in [2.45, 2.75) is 13.0 Å². The molecule has 3 aromatic rings. The van der Waals surface area contributed by atoms with Gasteiger partial charge in [0, 0.05) is 16.5 Å². The molecule has 0 bridgehead atoms. The van der Waals surface area contributed by atoms with Crippen LogP contribution in [0.4, 0.5) is 5.69 Å². The van der Waals surface area contributed by atoms with Crippen LogP contribution in [0, 0.1) is 0 Å². The average molecular weight is 298 g/mol. The lowest BCUT2D eigenvalue weighted by molar-refractivity contribution is 0.0697. The number of aromatic nitrogens is 1. The van der Waals surface area contributed by atoms with E-state index in [4.69, 9.17) is 0 Å². The number of aromatic carboxylic acids is 1. The standard InChI is InChI=1S/C16H14N2O2S/c1-10(14-7-4-8-21-14)18-15-11-5-2-3-6-13(11)17-9-12(15)16(19)20/h2-10H,1H3,(H,17,18)(H,19,20). The number of para-hydroxylation sites is 1. The highest BCUT2D eigenvalue weighted by Gasteiger charge is 2.17. The van der Waals surface area contributed by atoms with Crippen LogP contribution in [-0.2, 0) is 0 Å². The molecule has 0 aliphatic carbocycles. The molecule has 0 spiro atoms. The van der Waals surface area contributed by atoms with Gasteiger partial charge in [-0.2, -0.15) is 0 Å². The first-order valence-corrected chi connectivity index (χ1v) is 7.46. The Morgan fingerprint density at radius 3 is 2.81 bits per heavy atom. The van der Waals surface area contributed by atoms with Crippen LogP contribution in [-0.4, -0.2) is 16.1 Å². The van der Waals surface area contributed by atoms with Crippen molar-refractivity contribution in [1.29, 1.82) is 0 Å². The topological polar surface area (TPSA) is 62.2 Å². The maximum absolute atomic E-state index is 11.5.